The summed E-state index contributed by atoms with van der Waals surface area (Å²) < 4.78 is 6.60. The van der Waals surface area contributed by atoms with Crippen LogP contribution in [-0.2, 0) is 6.54 Å². The summed E-state index contributed by atoms with van der Waals surface area (Å²) in [5.74, 6) is 1.61. The zero-order valence-electron chi connectivity index (χ0n) is 10.2. The normalized spacial score (nSPS) is 10.6. The molecule has 0 fully saturated rings. The quantitative estimate of drug-likeness (QED) is 0.931. The third-order valence-corrected chi connectivity index (χ3v) is 3.18. The van der Waals surface area contributed by atoms with Gasteiger partial charge in [-0.15, -0.1) is 0 Å². The molecule has 2 aromatic rings. The van der Waals surface area contributed by atoms with Gasteiger partial charge in [-0.25, -0.2) is 4.98 Å². The number of oxazole rings is 1. The number of aromatic nitrogens is 1. The van der Waals surface area contributed by atoms with Gasteiger partial charge in [0.15, 0.2) is 0 Å². The van der Waals surface area contributed by atoms with Crippen molar-refractivity contribution < 1.29 is 4.42 Å². The standard InChI is InChI=1S/C13H15BrN2O/c1-8-6-11(14)4-5-12(8)15-7-13-16-9(2)10(3)17-13/h4-6,15H,7H2,1-3H3. The Morgan fingerprint density at radius 3 is 2.65 bits per heavy atom. The van der Waals surface area contributed by atoms with Gasteiger partial charge in [-0.05, 0) is 44.5 Å². The SMILES string of the molecule is Cc1cc(Br)ccc1NCc1nc(C)c(C)o1. The van der Waals surface area contributed by atoms with Crippen molar-refractivity contribution in [3.05, 3.63) is 45.6 Å². The maximum atomic E-state index is 5.52. The van der Waals surface area contributed by atoms with Crippen LogP contribution in [-0.4, -0.2) is 4.98 Å². The van der Waals surface area contributed by atoms with Crippen molar-refractivity contribution in [1.29, 1.82) is 0 Å². The summed E-state index contributed by atoms with van der Waals surface area (Å²) in [5.41, 5.74) is 3.25. The number of benzene rings is 1. The van der Waals surface area contributed by atoms with Crippen LogP contribution in [0.4, 0.5) is 5.69 Å². The lowest BCUT2D eigenvalue weighted by atomic mass is 10.2. The van der Waals surface area contributed by atoms with Crippen molar-refractivity contribution in [2.45, 2.75) is 27.3 Å². The molecule has 1 aromatic heterocycles. The average molecular weight is 295 g/mol. The zero-order chi connectivity index (χ0) is 12.4. The first-order valence-corrected chi connectivity index (χ1v) is 6.28. The van der Waals surface area contributed by atoms with Crippen molar-refractivity contribution in [2.24, 2.45) is 0 Å². The number of hydrogen-bond acceptors (Lipinski definition) is 3. The molecule has 90 valence electrons. The van der Waals surface area contributed by atoms with Crippen molar-refractivity contribution in [2.75, 3.05) is 5.32 Å². The van der Waals surface area contributed by atoms with E-state index >= 15 is 0 Å². The van der Waals surface area contributed by atoms with Crippen molar-refractivity contribution in [3.8, 4) is 0 Å². The van der Waals surface area contributed by atoms with Crippen LogP contribution < -0.4 is 5.32 Å². The van der Waals surface area contributed by atoms with Crippen molar-refractivity contribution in [3.63, 3.8) is 0 Å². The lowest BCUT2D eigenvalue weighted by molar-refractivity contribution is 0.478. The summed E-state index contributed by atoms with van der Waals surface area (Å²) in [7, 11) is 0. The van der Waals surface area contributed by atoms with Crippen molar-refractivity contribution in [1.82, 2.24) is 4.98 Å². The largest absolute Gasteiger partial charge is 0.444 e. The number of halogens is 1. The Hall–Kier alpha value is -1.29. The fraction of sp³-hybridized carbons (Fsp3) is 0.308. The van der Waals surface area contributed by atoms with Gasteiger partial charge in [0.2, 0.25) is 5.89 Å². The molecule has 0 spiro atoms. The fourth-order valence-electron chi connectivity index (χ4n) is 1.61. The molecule has 0 saturated heterocycles. The summed E-state index contributed by atoms with van der Waals surface area (Å²) in [6, 6.07) is 6.14. The summed E-state index contributed by atoms with van der Waals surface area (Å²) in [6.07, 6.45) is 0. The molecular weight excluding hydrogens is 280 g/mol. The first-order valence-electron chi connectivity index (χ1n) is 5.49. The van der Waals surface area contributed by atoms with Crippen LogP contribution in [0.1, 0.15) is 22.9 Å². The molecule has 0 amide bonds. The lowest BCUT2D eigenvalue weighted by Gasteiger charge is -2.07. The average Bonchev–Trinajstić information content (AvgIpc) is 2.57. The van der Waals surface area contributed by atoms with Crippen LogP contribution >= 0.6 is 15.9 Å². The second-order valence-corrected chi connectivity index (χ2v) is 4.98. The van der Waals surface area contributed by atoms with E-state index in [0.29, 0.717) is 6.54 Å². The summed E-state index contributed by atoms with van der Waals surface area (Å²) in [5, 5.41) is 3.32. The molecule has 1 aromatic carbocycles. The monoisotopic (exact) mass is 294 g/mol. The van der Waals surface area contributed by atoms with Crippen LogP contribution in [0.25, 0.3) is 0 Å². The van der Waals surface area contributed by atoms with E-state index in [1.807, 2.05) is 26.0 Å². The maximum Gasteiger partial charge on any atom is 0.213 e. The van der Waals surface area contributed by atoms with Gasteiger partial charge in [-0.3, -0.25) is 0 Å². The topological polar surface area (TPSA) is 38.1 Å². The number of nitrogens with zero attached hydrogens (tertiary/aromatic N) is 1. The Labute approximate surface area is 109 Å². The fourth-order valence-corrected chi connectivity index (χ4v) is 2.09. The predicted octanol–water partition coefficient (Wildman–Crippen LogP) is 3.97. The lowest BCUT2D eigenvalue weighted by Crippen LogP contribution is -2.01. The number of hydrogen-bond donors (Lipinski definition) is 1. The highest BCUT2D eigenvalue weighted by Crippen LogP contribution is 2.20. The van der Waals surface area contributed by atoms with E-state index in [4.69, 9.17) is 4.42 Å². The maximum absolute atomic E-state index is 5.52. The number of anilines is 1. The molecule has 0 bridgehead atoms. The Morgan fingerprint density at radius 1 is 1.29 bits per heavy atom. The highest BCUT2D eigenvalue weighted by molar-refractivity contribution is 9.10. The van der Waals surface area contributed by atoms with Crippen LogP contribution in [0, 0.1) is 20.8 Å². The summed E-state index contributed by atoms with van der Waals surface area (Å²) in [6.45, 7) is 6.56. The van der Waals surface area contributed by atoms with E-state index in [1.54, 1.807) is 0 Å². The van der Waals surface area contributed by atoms with Gasteiger partial charge in [0.05, 0.1) is 12.2 Å². The molecule has 17 heavy (non-hydrogen) atoms. The van der Waals surface area contributed by atoms with E-state index in [9.17, 15) is 0 Å². The minimum Gasteiger partial charge on any atom is -0.444 e. The first kappa shape index (κ1) is 12.2. The number of rotatable bonds is 3. The molecule has 0 radical (unpaired) electrons. The molecule has 0 atom stereocenters. The molecule has 0 unspecified atom stereocenters. The minimum atomic E-state index is 0.608. The molecule has 0 aliphatic carbocycles. The van der Waals surface area contributed by atoms with Gasteiger partial charge >= 0.3 is 0 Å². The Kier molecular flexibility index (Phi) is 3.52. The Balaban J connectivity index is 2.07. The summed E-state index contributed by atoms with van der Waals surface area (Å²) >= 11 is 3.45. The molecule has 4 heteroatoms. The van der Waals surface area contributed by atoms with E-state index in [0.717, 1.165) is 27.5 Å². The third-order valence-electron chi connectivity index (χ3n) is 2.69. The smallest absolute Gasteiger partial charge is 0.213 e. The van der Waals surface area contributed by atoms with Gasteiger partial charge in [0.1, 0.15) is 5.76 Å². The van der Waals surface area contributed by atoms with E-state index < -0.39 is 0 Å². The Bertz CT molecular complexity index is 515. The molecule has 3 nitrogen and oxygen atoms in total. The number of aryl methyl sites for hydroxylation is 3. The van der Waals surface area contributed by atoms with Crippen LogP contribution in [0.2, 0.25) is 0 Å². The molecule has 2 rings (SSSR count). The highest BCUT2D eigenvalue weighted by Gasteiger charge is 2.05. The van der Waals surface area contributed by atoms with Crippen LogP contribution in [0.5, 0.6) is 0 Å². The Morgan fingerprint density at radius 2 is 2.06 bits per heavy atom. The van der Waals surface area contributed by atoms with Crippen molar-refractivity contribution >= 4 is 21.6 Å². The molecule has 0 saturated carbocycles. The summed E-state index contributed by atoms with van der Waals surface area (Å²) in [4.78, 5) is 4.33. The second kappa shape index (κ2) is 4.92. The molecule has 1 heterocycles. The van der Waals surface area contributed by atoms with Gasteiger partial charge in [-0.1, -0.05) is 15.9 Å². The van der Waals surface area contributed by atoms with Gasteiger partial charge in [0.25, 0.3) is 0 Å². The van der Waals surface area contributed by atoms with E-state index in [-0.39, 0.29) is 0 Å². The third kappa shape index (κ3) is 2.88. The van der Waals surface area contributed by atoms with Gasteiger partial charge in [-0.2, -0.15) is 0 Å². The van der Waals surface area contributed by atoms with Gasteiger partial charge < -0.3 is 9.73 Å². The highest BCUT2D eigenvalue weighted by atomic mass is 79.9. The molecule has 0 aliphatic rings. The second-order valence-electron chi connectivity index (χ2n) is 4.06. The van der Waals surface area contributed by atoms with Gasteiger partial charge in [0, 0.05) is 10.2 Å². The number of nitrogens with one attached hydrogen (secondary N) is 1. The molecule has 1 N–H and O–H groups in total. The first-order chi connectivity index (χ1) is 8.06. The minimum absolute atomic E-state index is 0.608. The molecular formula is C13H15BrN2O. The van der Waals surface area contributed by atoms with Crippen LogP contribution in [0.3, 0.4) is 0 Å². The van der Waals surface area contributed by atoms with E-state index in [1.165, 1.54) is 5.56 Å². The van der Waals surface area contributed by atoms with Crippen LogP contribution in [0.15, 0.2) is 27.1 Å². The van der Waals surface area contributed by atoms with E-state index in [2.05, 4.69) is 39.2 Å². The predicted molar refractivity (Wildman–Crippen MR) is 72.2 cm³/mol. The zero-order valence-corrected chi connectivity index (χ0v) is 11.8. The molecule has 0 aliphatic heterocycles.